The van der Waals surface area contributed by atoms with E-state index in [0.717, 1.165) is 17.9 Å². The van der Waals surface area contributed by atoms with Crippen LogP contribution in [0.15, 0.2) is 17.9 Å². The van der Waals surface area contributed by atoms with Gasteiger partial charge in [-0.1, -0.05) is 63.7 Å². The van der Waals surface area contributed by atoms with Crippen LogP contribution < -0.4 is 0 Å². The standard InChI is InChI=1S/C7HBr6N/c8-2-3(9)5(11)7(13,1-14)6(12)4(2)10/h5H. The molecule has 0 saturated carbocycles. The van der Waals surface area contributed by atoms with Gasteiger partial charge < -0.3 is 0 Å². The monoisotopic (exact) mass is 573 g/mol. The van der Waals surface area contributed by atoms with Crippen LogP contribution in [-0.2, 0) is 0 Å². The average Bonchev–Trinajstić information content (AvgIpc) is 2.21. The van der Waals surface area contributed by atoms with E-state index in [1.165, 1.54) is 0 Å². The molecule has 7 heteroatoms. The van der Waals surface area contributed by atoms with Gasteiger partial charge in [-0.25, -0.2) is 0 Å². The summed E-state index contributed by atoms with van der Waals surface area (Å²) in [5, 5.41) is 9.14. The second-order valence-corrected chi connectivity index (χ2v) is 7.88. The van der Waals surface area contributed by atoms with Crippen LogP contribution >= 0.6 is 95.6 Å². The van der Waals surface area contributed by atoms with Crippen LogP contribution in [0.3, 0.4) is 0 Å². The molecule has 1 aliphatic rings. The Bertz CT molecular complexity index is 378. The minimum atomic E-state index is -0.790. The highest BCUT2D eigenvalue weighted by Crippen LogP contribution is 2.53. The van der Waals surface area contributed by atoms with Crippen molar-refractivity contribution in [3.05, 3.63) is 17.9 Å². The van der Waals surface area contributed by atoms with Gasteiger partial charge in [0.1, 0.15) is 0 Å². The van der Waals surface area contributed by atoms with Crippen molar-refractivity contribution in [3.8, 4) is 6.07 Å². The quantitative estimate of drug-likeness (QED) is 0.352. The Morgan fingerprint density at radius 1 is 1.14 bits per heavy atom. The first-order chi connectivity index (χ1) is 6.36. The third-order valence-electron chi connectivity index (χ3n) is 1.65. The van der Waals surface area contributed by atoms with Gasteiger partial charge in [0.25, 0.3) is 0 Å². The minimum absolute atomic E-state index is 0.148. The summed E-state index contributed by atoms with van der Waals surface area (Å²) >= 11 is 20.5. The van der Waals surface area contributed by atoms with Crippen molar-refractivity contribution in [3.63, 3.8) is 0 Å². The zero-order chi connectivity index (χ0) is 11.1. The van der Waals surface area contributed by atoms with Crippen LogP contribution in [0.1, 0.15) is 0 Å². The molecule has 0 radical (unpaired) electrons. The van der Waals surface area contributed by atoms with Crippen molar-refractivity contribution in [2.24, 2.45) is 0 Å². The Labute approximate surface area is 132 Å². The first-order valence-corrected chi connectivity index (χ1v) is 8.09. The Kier molecular flexibility index (Phi) is 4.98. The lowest BCUT2D eigenvalue weighted by Crippen LogP contribution is -2.34. The smallest absolute Gasteiger partial charge is 0.161 e. The number of hydrogen-bond acceptors (Lipinski definition) is 1. The molecule has 0 N–H and O–H groups in total. The zero-order valence-corrected chi connectivity index (χ0v) is 15.8. The van der Waals surface area contributed by atoms with E-state index in [1.54, 1.807) is 0 Å². The highest BCUT2D eigenvalue weighted by atomic mass is 79.9. The Morgan fingerprint density at radius 2 is 1.64 bits per heavy atom. The van der Waals surface area contributed by atoms with E-state index in [4.69, 9.17) is 5.26 Å². The van der Waals surface area contributed by atoms with Gasteiger partial charge in [-0.3, -0.25) is 0 Å². The fourth-order valence-corrected chi connectivity index (χ4v) is 5.58. The molecule has 0 aromatic heterocycles. The molecule has 1 rings (SSSR count). The lowest BCUT2D eigenvalue weighted by atomic mass is 10.0. The summed E-state index contributed by atoms with van der Waals surface area (Å²) in [6.07, 6.45) is 0. The molecule has 0 bridgehead atoms. The number of nitrogens with zero attached hydrogens (tertiary/aromatic N) is 1. The molecular weight excluding hydrogens is 578 g/mol. The number of rotatable bonds is 0. The zero-order valence-electron chi connectivity index (χ0n) is 6.29. The molecule has 0 spiro atoms. The van der Waals surface area contributed by atoms with Crippen molar-refractivity contribution < 1.29 is 0 Å². The van der Waals surface area contributed by atoms with Gasteiger partial charge >= 0.3 is 0 Å². The summed E-state index contributed by atoms with van der Waals surface area (Å²) in [4.78, 5) is -0.148. The van der Waals surface area contributed by atoms with Crippen molar-refractivity contribution in [2.45, 2.75) is 9.15 Å². The predicted octanol–water partition coefficient (Wildman–Crippen LogP) is 5.42. The number of hydrogen-bond donors (Lipinski definition) is 0. The maximum Gasteiger partial charge on any atom is 0.161 e. The van der Waals surface area contributed by atoms with Crippen molar-refractivity contribution in [1.29, 1.82) is 5.26 Å². The van der Waals surface area contributed by atoms with Crippen LogP contribution in [0.4, 0.5) is 0 Å². The fraction of sp³-hybridized carbons (Fsp3) is 0.286. The van der Waals surface area contributed by atoms with Crippen LogP contribution in [0.25, 0.3) is 0 Å². The molecule has 0 fully saturated rings. The first-order valence-electron chi connectivity index (χ1n) is 3.21. The van der Waals surface area contributed by atoms with E-state index in [0.29, 0.717) is 0 Å². The second kappa shape index (κ2) is 5.01. The molecule has 0 heterocycles. The summed E-state index contributed by atoms with van der Waals surface area (Å²) in [6, 6.07) is 2.21. The highest BCUT2D eigenvalue weighted by molar-refractivity contribution is 9.18. The molecule has 76 valence electrons. The molecule has 1 aliphatic carbocycles. The minimum Gasteiger partial charge on any atom is -0.196 e. The number of nitriles is 1. The van der Waals surface area contributed by atoms with Crippen molar-refractivity contribution in [2.75, 3.05) is 0 Å². The maximum absolute atomic E-state index is 9.14. The first kappa shape index (κ1) is 13.9. The van der Waals surface area contributed by atoms with Crippen LogP contribution in [0.5, 0.6) is 0 Å². The van der Waals surface area contributed by atoms with Gasteiger partial charge in [-0.05, 0) is 31.9 Å². The number of allylic oxidation sites excluding steroid dienone is 4. The van der Waals surface area contributed by atoms with Crippen LogP contribution in [0, 0.1) is 11.3 Å². The van der Waals surface area contributed by atoms with Crippen molar-refractivity contribution >= 4 is 95.6 Å². The van der Waals surface area contributed by atoms with E-state index < -0.39 is 4.32 Å². The highest BCUT2D eigenvalue weighted by Gasteiger charge is 2.45. The van der Waals surface area contributed by atoms with Gasteiger partial charge in [0.15, 0.2) is 4.32 Å². The van der Waals surface area contributed by atoms with E-state index in [9.17, 15) is 0 Å². The number of alkyl halides is 2. The Morgan fingerprint density at radius 3 is 2.07 bits per heavy atom. The van der Waals surface area contributed by atoms with Gasteiger partial charge in [0, 0.05) is 17.9 Å². The van der Waals surface area contributed by atoms with Gasteiger partial charge in [0.05, 0.1) is 10.9 Å². The SMILES string of the molecule is N#CC1(Br)C(Br)=C(Br)C(Br)=C(Br)C1Br. The normalized spacial score (nSPS) is 33.4. The molecule has 0 aromatic rings. The van der Waals surface area contributed by atoms with E-state index in [2.05, 4.69) is 102 Å². The largest absolute Gasteiger partial charge is 0.196 e. The molecule has 2 unspecified atom stereocenters. The van der Waals surface area contributed by atoms with Crippen LogP contribution in [-0.4, -0.2) is 9.15 Å². The fourth-order valence-electron chi connectivity index (χ4n) is 0.864. The molecule has 0 aliphatic heterocycles. The summed E-state index contributed by atoms with van der Waals surface area (Å²) in [6.45, 7) is 0. The lowest BCUT2D eigenvalue weighted by Gasteiger charge is -2.31. The second-order valence-electron chi connectivity index (χ2n) is 2.48. The molecule has 0 saturated heterocycles. The van der Waals surface area contributed by atoms with Gasteiger partial charge in [-0.2, -0.15) is 5.26 Å². The lowest BCUT2D eigenvalue weighted by molar-refractivity contribution is 0.922. The molecule has 0 amide bonds. The van der Waals surface area contributed by atoms with E-state index in [-0.39, 0.29) is 4.83 Å². The van der Waals surface area contributed by atoms with E-state index >= 15 is 0 Å². The summed E-state index contributed by atoms with van der Waals surface area (Å²) in [7, 11) is 0. The molecule has 14 heavy (non-hydrogen) atoms. The van der Waals surface area contributed by atoms with Crippen molar-refractivity contribution in [1.82, 2.24) is 0 Å². The van der Waals surface area contributed by atoms with Gasteiger partial charge in [-0.15, -0.1) is 0 Å². The molecular formula is C7HBr6N. The third-order valence-corrected chi connectivity index (χ3v) is 10.7. The maximum atomic E-state index is 9.14. The number of halogens is 6. The predicted molar refractivity (Wildman–Crippen MR) is 79.7 cm³/mol. The summed E-state index contributed by atoms with van der Waals surface area (Å²) in [5.41, 5.74) is 0. The van der Waals surface area contributed by atoms with Gasteiger partial charge in [0.2, 0.25) is 0 Å². The Hall–Kier alpha value is 1.85. The molecule has 0 aromatic carbocycles. The summed E-state index contributed by atoms with van der Waals surface area (Å²) < 4.78 is 2.55. The topological polar surface area (TPSA) is 23.8 Å². The Balaban J connectivity index is 3.43. The molecule has 2 atom stereocenters. The third kappa shape index (κ3) is 2.12. The average molecular weight is 579 g/mol. The molecule has 1 nitrogen and oxygen atoms in total. The van der Waals surface area contributed by atoms with E-state index in [1.807, 2.05) is 0 Å². The summed E-state index contributed by atoms with van der Waals surface area (Å²) in [5.74, 6) is 0. The van der Waals surface area contributed by atoms with Crippen LogP contribution in [0.2, 0.25) is 0 Å².